The molecule has 0 bridgehead atoms. The molecule has 0 spiro atoms. The first kappa shape index (κ1) is 28.3. The Kier molecular flexibility index (Phi) is 6.61. The molecule has 0 atom stereocenters. The van der Waals surface area contributed by atoms with Gasteiger partial charge in [-0.05, 0) is 81.6 Å². The van der Waals surface area contributed by atoms with Gasteiger partial charge in [0.25, 0.3) is 0 Å². The molecule has 3 heteroatoms. The maximum absolute atomic E-state index is 2.44. The summed E-state index contributed by atoms with van der Waals surface area (Å²) in [4.78, 5) is 2.44. The minimum atomic E-state index is 1.13. The molecule has 49 heavy (non-hydrogen) atoms. The Bertz CT molecular complexity index is 2830. The SMILES string of the molecule is c1ccc(-c2ccc(N(c3ccc(-c4ccc5c(c4)sc4ccccc45)cc3)c3ccc4ccccc4c3)c3sc4ccccc4c23)cc1. The second-order valence-electron chi connectivity index (χ2n) is 12.5. The van der Waals surface area contributed by atoms with Crippen molar-refractivity contribution in [3.63, 3.8) is 0 Å². The predicted molar refractivity (Wildman–Crippen MR) is 215 cm³/mol. The van der Waals surface area contributed by atoms with Crippen molar-refractivity contribution in [3.05, 3.63) is 176 Å². The number of hydrogen-bond acceptors (Lipinski definition) is 3. The maximum atomic E-state index is 2.44. The van der Waals surface area contributed by atoms with Crippen molar-refractivity contribution >= 4 is 90.9 Å². The van der Waals surface area contributed by atoms with Crippen molar-refractivity contribution in [1.29, 1.82) is 0 Å². The van der Waals surface area contributed by atoms with E-state index in [1.807, 2.05) is 22.7 Å². The number of nitrogens with zero attached hydrogens (tertiary/aromatic N) is 1. The van der Waals surface area contributed by atoms with Crippen molar-refractivity contribution < 1.29 is 0 Å². The third kappa shape index (κ3) is 4.74. The number of fused-ring (bicyclic) bond motifs is 7. The van der Waals surface area contributed by atoms with Crippen molar-refractivity contribution in [1.82, 2.24) is 0 Å². The first-order chi connectivity index (χ1) is 24.3. The highest BCUT2D eigenvalue weighted by Gasteiger charge is 2.21. The molecular weight excluding hydrogens is 631 g/mol. The molecule has 2 heterocycles. The van der Waals surface area contributed by atoms with Crippen LogP contribution in [0.2, 0.25) is 0 Å². The predicted octanol–water partition coefficient (Wildman–Crippen LogP) is 14.4. The molecule has 0 N–H and O–H groups in total. The minimum absolute atomic E-state index is 1.13. The van der Waals surface area contributed by atoms with Crippen molar-refractivity contribution in [2.24, 2.45) is 0 Å². The van der Waals surface area contributed by atoms with Gasteiger partial charge in [-0.2, -0.15) is 0 Å². The van der Waals surface area contributed by atoms with E-state index in [0.717, 1.165) is 11.4 Å². The van der Waals surface area contributed by atoms with Crippen molar-refractivity contribution in [3.8, 4) is 22.3 Å². The molecule has 10 rings (SSSR count). The number of anilines is 3. The molecule has 0 aliphatic carbocycles. The van der Waals surface area contributed by atoms with Gasteiger partial charge in [-0.3, -0.25) is 0 Å². The largest absolute Gasteiger partial charge is 0.309 e. The van der Waals surface area contributed by atoms with Gasteiger partial charge in [0, 0.05) is 47.0 Å². The van der Waals surface area contributed by atoms with Gasteiger partial charge >= 0.3 is 0 Å². The van der Waals surface area contributed by atoms with Gasteiger partial charge in [-0.1, -0.05) is 127 Å². The molecule has 0 radical (unpaired) electrons. The van der Waals surface area contributed by atoms with E-state index in [4.69, 9.17) is 0 Å². The molecule has 0 fully saturated rings. The van der Waals surface area contributed by atoms with Gasteiger partial charge in [0.15, 0.2) is 0 Å². The Hall–Kier alpha value is -5.74. The smallest absolute Gasteiger partial charge is 0.0640 e. The fraction of sp³-hybridized carbons (Fsp3) is 0. The molecule has 0 aliphatic heterocycles. The van der Waals surface area contributed by atoms with E-state index >= 15 is 0 Å². The van der Waals surface area contributed by atoms with Gasteiger partial charge in [-0.25, -0.2) is 0 Å². The topological polar surface area (TPSA) is 3.24 Å². The summed E-state index contributed by atoms with van der Waals surface area (Å²) in [6.45, 7) is 0. The molecule has 10 aromatic rings. The van der Waals surface area contributed by atoms with Crippen LogP contribution in [-0.2, 0) is 0 Å². The Morgan fingerprint density at radius 3 is 1.86 bits per heavy atom. The lowest BCUT2D eigenvalue weighted by molar-refractivity contribution is 1.31. The van der Waals surface area contributed by atoms with Crippen LogP contribution >= 0.6 is 22.7 Å². The van der Waals surface area contributed by atoms with Crippen LogP contribution in [0.4, 0.5) is 17.1 Å². The number of rotatable bonds is 5. The number of thiophene rings is 2. The minimum Gasteiger partial charge on any atom is -0.309 e. The lowest BCUT2D eigenvalue weighted by atomic mass is 9.98. The van der Waals surface area contributed by atoms with Crippen LogP contribution in [0.3, 0.4) is 0 Å². The molecule has 0 amide bonds. The Balaban J connectivity index is 1.16. The molecule has 1 nitrogen and oxygen atoms in total. The fourth-order valence-electron chi connectivity index (χ4n) is 7.30. The van der Waals surface area contributed by atoms with E-state index in [1.165, 1.54) is 79.1 Å². The summed E-state index contributed by atoms with van der Waals surface area (Å²) in [7, 11) is 0. The summed E-state index contributed by atoms with van der Waals surface area (Å²) < 4.78 is 5.25. The standard InChI is InChI=1S/C46H29NS2/c1-2-11-32(12-3-1)37-26-27-41(46-45(37)40-15-7-9-17-43(40)49-46)47(36-24-20-30-10-4-5-13-33(30)28-36)35-22-18-31(19-23-35)34-21-25-39-38-14-6-8-16-42(38)48-44(39)29-34/h1-29H. The molecule has 230 valence electrons. The molecule has 0 saturated carbocycles. The highest BCUT2D eigenvalue weighted by molar-refractivity contribution is 7.26. The third-order valence-corrected chi connectivity index (χ3v) is 12.0. The monoisotopic (exact) mass is 659 g/mol. The zero-order valence-electron chi connectivity index (χ0n) is 26.5. The highest BCUT2D eigenvalue weighted by Crippen LogP contribution is 2.48. The van der Waals surface area contributed by atoms with E-state index < -0.39 is 0 Å². The molecular formula is C46H29NS2. The molecule has 2 aromatic heterocycles. The normalized spacial score (nSPS) is 11.7. The van der Waals surface area contributed by atoms with Crippen molar-refractivity contribution in [2.75, 3.05) is 4.90 Å². The zero-order valence-corrected chi connectivity index (χ0v) is 28.1. The van der Waals surface area contributed by atoms with Gasteiger partial charge in [0.05, 0.1) is 10.4 Å². The molecule has 8 aromatic carbocycles. The molecule has 0 aliphatic rings. The Morgan fingerprint density at radius 1 is 0.367 bits per heavy atom. The maximum Gasteiger partial charge on any atom is 0.0640 e. The molecule has 0 unspecified atom stereocenters. The average Bonchev–Trinajstić information content (AvgIpc) is 3.74. The first-order valence-electron chi connectivity index (χ1n) is 16.6. The van der Waals surface area contributed by atoms with Crippen LogP contribution in [-0.4, -0.2) is 0 Å². The summed E-state index contributed by atoms with van der Waals surface area (Å²) in [5, 5.41) is 7.74. The lowest BCUT2D eigenvalue weighted by Crippen LogP contribution is -2.10. The van der Waals surface area contributed by atoms with Gasteiger partial charge in [0.1, 0.15) is 0 Å². The zero-order chi connectivity index (χ0) is 32.3. The fourth-order valence-corrected chi connectivity index (χ4v) is 9.68. The van der Waals surface area contributed by atoms with E-state index in [9.17, 15) is 0 Å². The van der Waals surface area contributed by atoms with E-state index in [0.29, 0.717) is 0 Å². The summed E-state index contributed by atoms with van der Waals surface area (Å²) >= 11 is 3.75. The number of hydrogen-bond donors (Lipinski definition) is 0. The summed E-state index contributed by atoms with van der Waals surface area (Å²) in [5.41, 5.74) is 8.42. The van der Waals surface area contributed by atoms with Crippen LogP contribution in [0.1, 0.15) is 0 Å². The second kappa shape index (κ2) is 11.5. The Morgan fingerprint density at radius 2 is 1.02 bits per heavy atom. The lowest BCUT2D eigenvalue weighted by Gasteiger charge is -2.27. The van der Waals surface area contributed by atoms with Crippen LogP contribution in [0.25, 0.3) is 73.4 Å². The van der Waals surface area contributed by atoms with E-state index in [-0.39, 0.29) is 0 Å². The summed E-state index contributed by atoms with van der Waals surface area (Å²) in [5.74, 6) is 0. The van der Waals surface area contributed by atoms with Crippen molar-refractivity contribution in [2.45, 2.75) is 0 Å². The first-order valence-corrected chi connectivity index (χ1v) is 18.2. The van der Waals surface area contributed by atoms with Gasteiger partial charge in [0.2, 0.25) is 0 Å². The quantitative estimate of drug-likeness (QED) is 0.178. The third-order valence-electron chi connectivity index (χ3n) is 9.66. The van der Waals surface area contributed by atoms with Gasteiger partial charge in [-0.15, -0.1) is 22.7 Å². The van der Waals surface area contributed by atoms with Crippen LogP contribution < -0.4 is 4.90 Å². The number of benzene rings is 8. The average molecular weight is 660 g/mol. The van der Waals surface area contributed by atoms with Crippen LogP contribution in [0, 0.1) is 0 Å². The second-order valence-corrected chi connectivity index (χ2v) is 14.7. The molecule has 0 saturated heterocycles. The van der Waals surface area contributed by atoms with Gasteiger partial charge < -0.3 is 4.90 Å². The van der Waals surface area contributed by atoms with Crippen LogP contribution in [0.15, 0.2) is 176 Å². The Labute approximate surface area is 292 Å². The summed E-state index contributed by atoms with van der Waals surface area (Å²) in [6, 6.07) is 64.4. The summed E-state index contributed by atoms with van der Waals surface area (Å²) in [6.07, 6.45) is 0. The van der Waals surface area contributed by atoms with E-state index in [2.05, 4.69) is 181 Å². The van der Waals surface area contributed by atoms with E-state index in [1.54, 1.807) is 0 Å². The van der Waals surface area contributed by atoms with Crippen LogP contribution in [0.5, 0.6) is 0 Å². The highest BCUT2D eigenvalue weighted by atomic mass is 32.1.